The fourth-order valence-corrected chi connectivity index (χ4v) is 3.31. The van der Waals surface area contributed by atoms with E-state index >= 15 is 0 Å². The van der Waals surface area contributed by atoms with E-state index in [-0.39, 0.29) is 14.9 Å². The normalized spacial score (nSPS) is 12.2. The zero-order valence-corrected chi connectivity index (χ0v) is 13.0. The third-order valence-electron chi connectivity index (χ3n) is 2.65. The highest BCUT2D eigenvalue weighted by Crippen LogP contribution is 2.26. The predicted molar refractivity (Wildman–Crippen MR) is 71.7 cm³/mol. The van der Waals surface area contributed by atoms with Crippen LogP contribution in [0.2, 0.25) is 0 Å². The van der Waals surface area contributed by atoms with Crippen LogP contribution in [0, 0.1) is 6.92 Å². The van der Waals surface area contributed by atoms with Gasteiger partial charge in [-0.15, -0.1) is 0 Å². The molecule has 0 amide bonds. The largest absolute Gasteiger partial charge is 0.478 e. The van der Waals surface area contributed by atoms with E-state index in [1.165, 1.54) is 13.0 Å². The average Bonchev–Trinajstić information content (AvgIpc) is 2.30. The molecule has 0 atom stereocenters. The number of carbonyl (C=O) groups is 1. The second kappa shape index (κ2) is 6.15. The van der Waals surface area contributed by atoms with Crippen molar-refractivity contribution in [2.75, 3.05) is 13.6 Å². The number of halogens is 3. The van der Waals surface area contributed by atoms with Gasteiger partial charge in [0.2, 0.25) is 10.0 Å². The molecule has 0 radical (unpaired) electrons. The average molecular weight is 372 g/mol. The van der Waals surface area contributed by atoms with Crippen molar-refractivity contribution in [2.45, 2.75) is 18.2 Å². The number of aromatic carboxylic acids is 1. The molecule has 0 saturated heterocycles. The fraction of sp³-hybridized carbons (Fsp3) is 0.364. The lowest BCUT2D eigenvalue weighted by Crippen LogP contribution is -2.31. The lowest BCUT2D eigenvalue weighted by molar-refractivity contribution is 0.0695. The predicted octanol–water partition coefficient (Wildman–Crippen LogP) is 2.34. The summed E-state index contributed by atoms with van der Waals surface area (Å²) in [5, 5.41) is 9.02. The van der Waals surface area contributed by atoms with E-state index in [0.717, 1.165) is 13.1 Å². The van der Waals surface area contributed by atoms with Crippen molar-refractivity contribution >= 4 is 31.9 Å². The van der Waals surface area contributed by atoms with Crippen LogP contribution in [0.15, 0.2) is 21.5 Å². The number of carboxylic acid groups (broad SMARTS) is 1. The van der Waals surface area contributed by atoms with Crippen molar-refractivity contribution in [2.24, 2.45) is 0 Å². The first-order valence-corrected chi connectivity index (χ1v) is 7.58. The van der Waals surface area contributed by atoms with Gasteiger partial charge in [0.25, 0.3) is 6.43 Å². The van der Waals surface area contributed by atoms with Crippen LogP contribution in [0.25, 0.3) is 0 Å². The maximum atomic E-state index is 12.3. The molecule has 0 aliphatic heterocycles. The molecule has 9 heteroatoms. The van der Waals surface area contributed by atoms with Gasteiger partial charge in [0.05, 0.1) is 17.0 Å². The van der Waals surface area contributed by atoms with Gasteiger partial charge in [-0.25, -0.2) is 22.0 Å². The Morgan fingerprint density at radius 1 is 1.45 bits per heavy atom. The maximum absolute atomic E-state index is 12.3. The summed E-state index contributed by atoms with van der Waals surface area (Å²) in [5.41, 5.74) is 0.149. The summed E-state index contributed by atoms with van der Waals surface area (Å²) in [6, 6.07) is 2.15. The molecule has 0 spiro atoms. The highest BCUT2D eigenvalue weighted by Gasteiger charge is 2.26. The summed E-state index contributed by atoms with van der Waals surface area (Å²) in [6.07, 6.45) is -2.82. The van der Waals surface area contributed by atoms with E-state index in [0.29, 0.717) is 9.87 Å². The van der Waals surface area contributed by atoms with Crippen molar-refractivity contribution < 1.29 is 27.1 Å². The zero-order valence-electron chi connectivity index (χ0n) is 10.6. The lowest BCUT2D eigenvalue weighted by atomic mass is 10.1. The number of hydrogen-bond donors (Lipinski definition) is 1. The molecular weight excluding hydrogens is 360 g/mol. The van der Waals surface area contributed by atoms with Gasteiger partial charge in [0.1, 0.15) is 0 Å². The molecule has 0 unspecified atom stereocenters. The van der Waals surface area contributed by atoms with Crippen molar-refractivity contribution in [3.8, 4) is 0 Å². The van der Waals surface area contributed by atoms with Gasteiger partial charge >= 0.3 is 5.97 Å². The van der Waals surface area contributed by atoms with Crippen LogP contribution in [-0.4, -0.2) is 43.8 Å². The summed E-state index contributed by atoms with van der Waals surface area (Å²) in [7, 11) is -3.16. The minimum Gasteiger partial charge on any atom is -0.478 e. The molecule has 0 bridgehead atoms. The summed E-state index contributed by atoms with van der Waals surface area (Å²) in [5.74, 6) is -1.29. The molecule has 5 nitrogen and oxygen atoms in total. The van der Waals surface area contributed by atoms with Crippen LogP contribution in [0.5, 0.6) is 0 Å². The summed E-state index contributed by atoms with van der Waals surface area (Å²) >= 11 is 3.06. The molecule has 1 N–H and O–H groups in total. The van der Waals surface area contributed by atoms with Gasteiger partial charge < -0.3 is 5.11 Å². The second-order valence-corrected chi connectivity index (χ2v) is 6.96. The third-order valence-corrected chi connectivity index (χ3v) is 5.28. The van der Waals surface area contributed by atoms with Gasteiger partial charge in [0.15, 0.2) is 0 Å². The Morgan fingerprint density at radius 3 is 2.45 bits per heavy atom. The van der Waals surface area contributed by atoms with Crippen LogP contribution in [0.4, 0.5) is 8.78 Å². The third kappa shape index (κ3) is 3.53. The summed E-state index contributed by atoms with van der Waals surface area (Å²) in [4.78, 5) is 10.7. The SMILES string of the molecule is Cc1c(Br)cc(S(=O)(=O)N(C)CC(F)F)cc1C(=O)O. The molecule has 0 aliphatic rings. The summed E-state index contributed by atoms with van der Waals surface area (Å²) < 4.78 is 49.5. The highest BCUT2D eigenvalue weighted by molar-refractivity contribution is 9.10. The first-order chi connectivity index (χ1) is 9.07. The topological polar surface area (TPSA) is 74.7 Å². The molecule has 0 fully saturated rings. The van der Waals surface area contributed by atoms with Crippen LogP contribution in [0.1, 0.15) is 15.9 Å². The standard InChI is InChI=1S/C11H12BrF2NO4S/c1-6-8(11(16)17)3-7(4-9(6)12)20(18,19)15(2)5-10(13)14/h3-4,10H,5H2,1-2H3,(H,16,17). The van der Waals surface area contributed by atoms with Gasteiger partial charge in [-0.1, -0.05) is 15.9 Å². The lowest BCUT2D eigenvalue weighted by Gasteiger charge is -2.17. The highest BCUT2D eigenvalue weighted by atomic mass is 79.9. The molecule has 0 aromatic heterocycles. The number of hydrogen-bond acceptors (Lipinski definition) is 3. The monoisotopic (exact) mass is 371 g/mol. The van der Waals surface area contributed by atoms with Crippen molar-refractivity contribution in [1.29, 1.82) is 0 Å². The number of alkyl halides is 2. The molecule has 112 valence electrons. The molecular formula is C11H12BrF2NO4S. The van der Waals surface area contributed by atoms with Gasteiger partial charge in [-0.2, -0.15) is 4.31 Å². The molecule has 0 aliphatic carbocycles. The Bertz CT molecular complexity index is 634. The van der Waals surface area contributed by atoms with Crippen LogP contribution in [-0.2, 0) is 10.0 Å². The fourth-order valence-electron chi connectivity index (χ4n) is 1.50. The van der Waals surface area contributed by atoms with Crippen molar-refractivity contribution in [3.05, 3.63) is 27.7 Å². The van der Waals surface area contributed by atoms with Crippen molar-refractivity contribution in [3.63, 3.8) is 0 Å². The van der Waals surface area contributed by atoms with E-state index in [2.05, 4.69) is 15.9 Å². The van der Waals surface area contributed by atoms with E-state index in [9.17, 15) is 22.0 Å². The van der Waals surface area contributed by atoms with Crippen LogP contribution in [0.3, 0.4) is 0 Å². The Morgan fingerprint density at radius 2 is 2.00 bits per heavy atom. The first-order valence-electron chi connectivity index (χ1n) is 5.35. The molecule has 1 rings (SSSR count). The van der Waals surface area contributed by atoms with Gasteiger partial charge in [0, 0.05) is 11.5 Å². The Hall–Kier alpha value is -1.06. The molecule has 20 heavy (non-hydrogen) atoms. The minimum atomic E-state index is -4.17. The smallest absolute Gasteiger partial charge is 0.336 e. The van der Waals surface area contributed by atoms with Gasteiger partial charge in [-0.3, -0.25) is 0 Å². The number of sulfonamides is 1. The molecule has 1 aromatic rings. The minimum absolute atomic E-state index is 0.205. The van der Waals surface area contributed by atoms with E-state index in [1.54, 1.807) is 0 Å². The number of nitrogens with zero attached hydrogens (tertiary/aromatic N) is 1. The number of carboxylic acids is 1. The van der Waals surface area contributed by atoms with E-state index < -0.39 is 29.0 Å². The van der Waals surface area contributed by atoms with E-state index in [1.807, 2.05) is 0 Å². The number of benzene rings is 1. The number of rotatable bonds is 5. The van der Waals surface area contributed by atoms with Gasteiger partial charge in [-0.05, 0) is 24.6 Å². The van der Waals surface area contributed by atoms with E-state index in [4.69, 9.17) is 5.11 Å². The first kappa shape index (κ1) is 17.0. The molecule has 0 saturated carbocycles. The Labute approximate surface area is 123 Å². The maximum Gasteiger partial charge on any atom is 0.336 e. The van der Waals surface area contributed by atoms with Crippen molar-refractivity contribution in [1.82, 2.24) is 4.31 Å². The zero-order chi connectivity index (χ0) is 15.7. The quantitative estimate of drug-likeness (QED) is 0.861. The van der Waals surface area contributed by atoms with Crippen LogP contribution < -0.4 is 0 Å². The second-order valence-electron chi connectivity index (χ2n) is 4.06. The summed E-state index contributed by atoms with van der Waals surface area (Å²) in [6.45, 7) is 0.545. The Kier molecular flexibility index (Phi) is 5.22. The molecule has 0 heterocycles. The van der Waals surface area contributed by atoms with Crippen LogP contribution >= 0.6 is 15.9 Å². The molecule has 1 aromatic carbocycles. The Balaban J connectivity index is 3.36.